The summed E-state index contributed by atoms with van der Waals surface area (Å²) in [7, 11) is 0. The summed E-state index contributed by atoms with van der Waals surface area (Å²) in [6.45, 7) is 2.71. The Labute approximate surface area is 221 Å². The molecular weight excluding hydrogens is 518 g/mol. The Morgan fingerprint density at radius 3 is 2.38 bits per heavy atom. The Bertz CT molecular complexity index is 1370. The van der Waals surface area contributed by atoms with Crippen LogP contribution >= 0.6 is 0 Å². The quantitative estimate of drug-likeness (QED) is 0.382. The van der Waals surface area contributed by atoms with Gasteiger partial charge in [-0.25, -0.2) is 4.39 Å². The lowest BCUT2D eigenvalue weighted by molar-refractivity contribution is -0.274. The maximum absolute atomic E-state index is 14.0. The van der Waals surface area contributed by atoms with Crippen molar-refractivity contribution in [2.45, 2.75) is 24.7 Å². The zero-order valence-electron chi connectivity index (χ0n) is 20.6. The number of amides is 2. The predicted molar refractivity (Wildman–Crippen MR) is 136 cm³/mol. The molecule has 1 saturated heterocycles. The smallest absolute Gasteiger partial charge is 0.404 e. The second kappa shape index (κ2) is 10.6. The average molecular weight is 544 g/mol. The van der Waals surface area contributed by atoms with Gasteiger partial charge in [0.25, 0.3) is 5.91 Å². The Morgan fingerprint density at radius 2 is 1.74 bits per heavy atom. The predicted octanol–water partition coefficient (Wildman–Crippen LogP) is 4.41. The van der Waals surface area contributed by atoms with Crippen LogP contribution in [0.15, 0.2) is 60.8 Å². The number of anilines is 2. The van der Waals surface area contributed by atoms with Gasteiger partial charge in [-0.15, -0.1) is 13.2 Å². The molecule has 1 saturated carbocycles. The first-order chi connectivity index (χ1) is 18.6. The van der Waals surface area contributed by atoms with Crippen LogP contribution in [0, 0.1) is 5.82 Å². The van der Waals surface area contributed by atoms with Gasteiger partial charge < -0.3 is 20.7 Å². The van der Waals surface area contributed by atoms with Crippen molar-refractivity contribution in [2.24, 2.45) is 0 Å². The Kier molecular flexibility index (Phi) is 7.23. The maximum atomic E-state index is 14.0. The van der Waals surface area contributed by atoms with E-state index in [4.69, 9.17) is 0 Å². The molecule has 0 spiro atoms. The summed E-state index contributed by atoms with van der Waals surface area (Å²) in [4.78, 5) is 32.3. The van der Waals surface area contributed by atoms with Crippen LogP contribution in [0.3, 0.4) is 0 Å². The highest BCUT2D eigenvalue weighted by Gasteiger charge is 2.54. The molecule has 0 radical (unpaired) electrons. The molecule has 39 heavy (non-hydrogen) atoms. The van der Waals surface area contributed by atoms with Crippen molar-refractivity contribution < 1.29 is 31.9 Å². The van der Waals surface area contributed by atoms with Crippen LogP contribution in [0.2, 0.25) is 0 Å². The summed E-state index contributed by atoms with van der Waals surface area (Å²) in [6.07, 6.45) is -2.48. The van der Waals surface area contributed by atoms with E-state index in [9.17, 15) is 27.2 Å². The van der Waals surface area contributed by atoms with Crippen molar-refractivity contribution in [2.75, 3.05) is 36.8 Å². The number of halogens is 4. The summed E-state index contributed by atoms with van der Waals surface area (Å²) in [6, 6.07) is 12.5. The number of benzene rings is 2. The third-order valence-corrected chi connectivity index (χ3v) is 6.76. The molecule has 2 heterocycles. The van der Waals surface area contributed by atoms with E-state index >= 15 is 0 Å². The van der Waals surface area contributed by atoms with Gasteiger partial charge in [0, 0.05) is 37.3 Å². The molecule has 0 bridgehead atoms. The van der Waals surface area contributed by atoms with Gasteiger partial charge in [-0.1, -0.05) is 12.1 Å². The fraction of sp³-hybridized carbons (Fsp3) is 0.296. The first kappa shape index (κ1) is 26.6. The second-order valence-corrected chi connectivity index (χ2v) is 9.35. The molecule has 1 aliphatic heterocycles. The molecule has 204 valence electrons. The minimum Gasteiger partial charge on any atom is -0.404 e. The van der Waals surface area contributed by atoms with Crippen LogP contribution in [0.5, 0.6) is 5.75 Å². The number of carbonyl (C=O) groups is 2. The molecule has 3 N–H and O–H groups in total. The van der Waals surface area contributed by atoms with Gasteiger partial charge in [0.1, 0.15) is 11.4 Å². The monoisotopic (exact) mass is 543 g/mol. The molecule has 1 aromatic heterocycles. The molecular formula is C27H25F4N5O3. The maximum Gasteiger partial charge on any atom is 0.573 e. The number of piperazine rings is 1. The Morgan fingerprint density at radius 1 is 1.00 bits per heavy atom. The first-order valence-corrected chi connectivity index (χ1v) is 12.3. The SMILES string of the molecule is O=C(Nc1ccc(-c2ccccc2F)nc1)c1ccc(OC(F)(F)F)c(NC(=O)C2(N3CCNCC3)CC2)c1. The van der Waals surface area contributed by atoms with Crippen molar-refractivity contribution in [1.29, 1.82) is 0 Å². The number of alkyl halides is 3. The van der Waals surface area contributed by atoms with Gasteiger partial charge in [0.15, 0.2) is 5.75 Å². The minimum absolute atomic E-state index is 0.00924. The van der Waals surface area contributed by atoms with E-state index in [2.05, 4.69) is 25.7 Å². The van der Waals surface area contributed by atoms with Gasteiger partial charge in [0.05, 0.1) is 23.3 Å². The van der Waals surface area contributed by atoms with E-state index in [1.54, 1.807) is 18.2 Å². The van der Waals surface area contributed by atoms with Crippen molar-refractivity contribution in [3.8, 4) is 17.0 Å². The van der Waals surface area contributed by atoms with Gasteiger partial charge in [-0.05, 0) is 55.3 Å². The molecule has 5 rings (SSSR count). The molecule has 2 amide bonds. The zero-order chi connectivity index (χ0) is 27.6. The highest BCUT2D eigenvalue weighted by Crippen LogP contribution is 2.43. The summed E-state index contributed by atoms with van der Waals surface area (Å²) >= 11 is 0. The standard InChI is InChI=1S/C27H25F4N5O3/c28-20-4-2-1-3-19(20)21-7-6-18(16-33-21)34-24(37)17-5-8-23(39-27(29,30)31)22(15-17)35-25(38)26(9-10-26)36-13-11-32-12-14-36/h1-8,15-16,32H,9-14H2,(H,34,37)(H,35,38). The van der Waals surface area contributed by atoms with Crippen molar-refractivity contribution in [3.05, 3.63) is 72.2 Å². The van der Waals surface area contributed by atoms with E-state index in [0.717, 1.165) is 18.2 Å². The average Bonchev–Trinajstić information content (AvgIpc) is 3.73. The van der Waals surface area contributed by atoms with Crippen LogP contribution in [-0.2, 0) is 4.79 Å². The zero-order valence-corrected chi connectivity index (χ0v) is 20.6. The molecule has 2 aliphatic rings. The summed E-state index contributed by atoms with van der Waals surface area (Å²) in [5.41, 5.74) is -0.114. The molecule has 3 aromatic rings. The van der Waals surface area contributed by atoms with Crippen LogP contribution < -0.4 is 20.7 Å². The highest BCUT2D eigenvalue weighted by molar-refractivity contribution is 6.07. The van der Waals surface area contributed by atoms with Crippen LogP contribution in [-0.4, -0.2) is 59.8 Å². The lowest BCUT2D eigenvalue weighted by atomic mass is 10.1. The van der Waals surface area contributed by atoms with E-state index in [1.165, 1.54) is 24.4 Å². The number of nitrogens with one attached hydrogen (secondary N) is 3. The summed E-state index contributed by atoms with van der Waals surface area (Å²) < 4.78 is 57.3. The van der Waals surface area contributed by atoms with Crippen LogP contribution in [0.25, 0.3) is 11.3 Å². The van der Waals surface area contributed by atoms with Crippen molar-refractivity contribution >= 4 is 23.2 Å². The number of aromatic nitrogens is 1. The van der Waals surface area contributed by atoms with Gasteiger partial charge >= 0.3 is 6.36 Å². The number of hydrogen-bond acceptors (Lipinski definition) is 6. The number of hydrogen-bond donors (Lipinski definition) is 3. The molecule has 0 unspecified atom stereocenters. The second-order valence-electron chi connectivity index (χ2n) is 9.35. The van der Waals surface area contributed by atoms with Crippen molar-refractivity contribution in [1.82, 2.24) is 15.2 Å². The molecule has 1 aliphatic carbocycles. The number of nitrogens with zero attached hydrogens (tertiary/aromatic N) is 2. The Hall–Kier alpha value is -4.03. The van der Waals surface area contributed by atoms with Gasteiger partial charge in [-0.2, -0.15) is 0 Å². The van der Waals surface area contributed by atoms with Gasteiger partial charge in [-0.3, -0.25) is 19.5 Å². The third-order valence-electron chi connectivity index (χ3n) is 6.76. The fourth-order valence-corrected chi connectivity index (χ4v) is 4.62. The summed E-state index contributed by atoms with van der Waals surface area (Å²) in [5.74, 6) is -2.16. The minimum atomic E-state index is -5.00. The normalized spacial score (nSPS) is 16.8. The van der Waals surface area contributed by atoms with E-state index in [-0.39, 0.29) is 16.9 Å². The number of carbonyl (C=O) groups excluding carboxylic acids is 2. The fourth-order valence-electron chi connectivity index (χ4n) is 4.62. The number of pyridine rings is 1. The largest absolute Gasteiger partial charge is 0.573 e. The molecule has 2 fully saturated rings. The molecule has 12 heteroatoms. The third kappa shape index (κ3) is 6.02. The van der Waals surface area contributed by atoms with Crippen LogP contribution in [0.4, 0.5) is 28.9 Å². The van der Waals surface area contributed by atoms with E-state index < -0.39 is 35.3 Å². The topological polar surface area (TPSA) is 95.6 Å². The Balaban J connectivity index is 1.34. The molecule has 2 aromatic carbocycles. The number of ether oxygens (including phenoxy) is 1. The van der Waals surface area contributed by atoms with Crippen molar-refractivity contribution in [3.63, 3.8) is 0 Å². The first-order valence-electron chi connectivity index (χ1n) is 12.3. The molecule has 8 nitrogen and oxygen atoms in total. The lowest BCUT2D eigenvalue weighted by Crippen LogP contribution is -2.54. The lowest BCUT2D eigenvalue weighted by Gasteiger charge is -2.34. The number of rotatable bonds is 7. The summed E-state index contributed by atoms with van der Waals surface area (Å²) in [5, 5.41) is 8.39. The van der Waals surface area contributed by atoms with E-state index in [1.807, 2.05) is 4.90 Å². The van der Waals surface area contributed by atoms with Gasteiger partial charge in [0.2, 0.25) is 5.91 Å². The van der Waals surface area contributed by atoms with E-state index in [0.29, 0.717) is 50.3 Å². The van der Waals surface area contributed by atoms with Crippen LogP contribution in [0.1, 0.15) is 23.2 Å². The molecule has 0 atom stereocenters. The highest BCUT2D eigenvalue weighted by atomic mass is 19.4.